The van der Waals surface area contributed by atoms with Gasteiger partial charge in [0.15, 0.2) is 5.78 Å². The van der Waals surface area contributed by atoms with Crippen LogP contribution in [0.5, 0.6) is 11.5 Å². The van der Waals surface area contributed by atoms with E-state index in [2.05, 4.69) is 0 Å². The van der Waals surface area contributed by atoms with E-state index in [0.29, 0.717) is 30.1 Å². The number of likely N-dealkylation sites (N-methyl/N-ethyl adjacent to an activating group) is 1. The van der Waals surface area contributed by atoms with Crippen LogP contribution in [0, 0.1) is 0 Å². The third kappa shape index (κ3) is 4.04. The highest BCUT2D eigenvalue weighted by molar-refractivity contribution is 5.98. The summed E-state index contributed by atoms with van der Waals surface area (Å²) in [5.74, 6) is 1.38. The fraction of sp³-hybridized carbons (Fsp3) is 0.500. The molecule has 0 saturated carbocycles. The van der Waals surface area contributed by atoms with E-state index >= 15 is 0 Å². The molecule has 1 aromatic rings. The lowest BCUT2D eigenvalue weighted by atomic mass is 10.1. The Labute approximate surface area is 108 Å². The molecule has 0 aliphatic carbocycles. The van der Waals surface area contributed by atoms with Gasteiger partial charge in [0, 0.05) is 19.0 Å². The van der Waals surface area contributed by atoms with Gasteiger partial charge in [0.05, 0.1) is 12.7 Å². The second kappa shape index (κ2) is 7.01. The minimum absolute atomic E-state index is 0.0810. The quantitative estimate of drug-likeness (QED) is 0.697. The number of benzene rings is 1. The molecule has 0 radical (unpaired) electrons. The van der Waals surface area contributed by atoms with Crippen LogP contribution >= 0.6 is 0 Å². The fourth-order valence-electron chi connectivity index (χ4n) is 1.51. The fourth-order valence-corrected chi connectivity index (χ4v) is 1.51. The molecule has 1 rings (SSSR count). The molecular weight excluding hydrogens is 230 g/mol. The Morgan fingerprint density at radius 2 is 2.06 bits per heavy atom. The molecule has 1 aromatic carbocycles. The van der Waals surface area contributed by atoms with Gasteiger partial charge >= 0.3 is 0 Å². The van der Waals surface area contributed by atoms with Gasteiger partial charge in [-0.15, -0.1) is 0 Å². The van der Waals surface area contributed by atoms with Gasteiger partial charge in [-0.05, 0) is 26.2 Å². The maximum atomic E-state index is 11.8. The first-order valence-corrected chi connectivity index (χ1v) is 6.07. The summed E-state index contributed by atoms with van der Waals surface area (Å²) >= 11 is 0. The van der Waals surface area contributed by atoms with Crippen molar-refractivity contribution in [2.75, 3.05) is 34.4 Å². The molecule has 0 aromatic heterocycles. The van der Waals surface area contributed by atoms with Crippen molar-refractivity contribution in [2.24, 2.45) is 0 Å². The summed E-state index contributed by atoms with van der Waals surface area (Å²) in [5.41, 5.74) is 0.622. The van der Waals surface area contributed by atoms with E-state index in [1.165, 1.54) is 0 Å². The molecule has 0 aliphatic heterocycles. The average molecular weight is 251 g/mol. The first kappa shape index (κ1) is 14.5. The van der Waals surface area contributed by atoms with Gasteiger partial charge in [0.2, 0.25) is 0 Å². The van der Waals surface area contributed by atoms with Gasteiger partial charge in [-0.2, -0.15) is 0 Å². The number of hydrogen-bond acceptors (Lipinski definition) is 4. The lowest BCUT2D eigenvalue weighted by Gasteiger charge is -2.14. The second-order valence-corrected chi connectivity index (χ2v) is 4.29. The number of nitrogens with zero attached hydrogens (tertiary/aromatic N) is 1. The zero-order valence-electron chi connectivity index (χ0n) is 11.5. The van der Waals surface area contributed by atoms with Crippen molar-refractivity contribution in [1.82, 2.24) is 4.90 Å². The zero-order valence-corrected chi connectivity index (χ0v) is 11.5. The number of carbonyl (C=O) groups is 1. The molecule has 4 heteroatoms. The smallest absolute Gasteiger partial charge is 0.166 e. The number of ether oxygens (including phenoxy) is 2. The van der Waals surface area contributed by atoms with Crippen molar-refractivity contribution >= 4 is 5.78 Å². The van der Waals surface area contributed by atoms with Crippen LogP contribution in [0.3, 0.4) is 0 Å². The number of methoxy groups -OCH3 is 1. The summed E-state index contributed by atoms with van der Waals surface area (Å²) in [6, 6.07) is 5.30. The maximum Gasteiger partial charge on any atom is 0.166 e. The van der Waals surface area contributed by atoms with E-state index in [9.17, 15) is 4.79 Å². The zero-order chi connectivity index (χ0) is 13.5. The van der Waals surface area contributed by atoms with Crippen molar-refractivity contribution < 1.29 is 14.3 Å². The summed E-state index contributed by atoms with van der Waals surface area (Å²) in [6.45, 7) is 3.19. The molecule has 0 amide bonds. The van der Waals surface area contributed by atoms with E-state index in [1.807, 2.05) is 25.9 Å². The summed E-state index contributed by atoms with van der Waals surface area (Å²) < 4.78 is 10.8. The molecule has 0 aliphatic rings. The average Bonchev–Trinajstić information content (AvgIpc) is 2.37. The molecule has 0 saturated heterocycles. The molecule has 0 fully saturated rings. The van der Waals surface area contributed by atoms with Crippen molar-refractivity contribution in [3.05, 3.63) is 23.8 Å². The van der Waals surface area contributed by atoms with Crippen molar-refractivity contribution in [1.29, 1.82) is 0 Å². The van der Waals surface area contributed by atoms with Crippen molar-refractivity contribution in [3.8, 4) is 11.5 Å². The van der Waals surface area contributed by atoms with Gasteiger partial charge in [-0.25, -0.2) is 0 Å². The third-order valence-electron chi connectivity index (χ3n) is 2.61. The Bertz CT molecular complexity index is 402. The second-order valence-electron chi connectivity index (χ2n) is 4.29. The number of hydrogen-bond donors (Lipinski definition) is 0. The Balaban J connectivity index is 2.86. The van der Waals surface area contributed by atoms with Crippen LogP contribution in [0.1, 0.15) is 23.7 Å². The standard InChI is InChI=1S/C14H21NO3/c1-5-13(16)12-7-6-11(17-4)10-14(12)18-9-8-15(2)3/h6-7,10H,5,8-9H2,1-4H3. The highest BCUT2D eigenvalue weighted by Crippen LogP contribution is 2.25. The molecule has 0 unspecified atom stereocenters. The van der Waals surface area contributed by atoms with Gasteiger partial charge in [-0.3, -0.25) is 4.79 Å². The highest BCUT2D eigenvalue weighted by atomic mass is 16.5. The van der Waals surface area contributed by atoms with Gasteiger partial charge in [-0.1, -0.05) is 6.92 Å². The summed E-state index contributed by atoms with van der Waals surface area (Å²) in [7, 11) is 5.56. The molecule has 100 valence electrons. The van der Waals surface area contributed by atoms with E-state index in [0.717, 1.165) is 6.54 Å². The van der Waals surface area contributed by atoms with Crippen LogP contribution in [0.15, 0.2) is 18.2 Å². The summed E-state index contributed by atoms with van der Waals surface area (Å²) in [5, 5.41) is 0. The van der Waals surface area contributed by atoms with Crippen LogP contribution in [-0.2, 0) is 0 Å². The Morgan fingerprint density at radius 3 is 2.61 bits per heavy atom. The Morgan fingerprint density at radius 1 is 1.33 bits per heavy atom. The Kier molecular flexibility index (Phi) is 5.65. The largest absolute Gasteiger partial charge is 0.497 e. The predicted octanol–water partition coefficient (Wildman–Crippen LogP) is 2.23. The number of Topliss-reactive ketones (excluding diaryl/α,β-unsaturated/α-hetero) is 1. The van der Waals surface area contributed by atoms with Crippen LogP contribution in [0.4, 0.5) is 0 Å². The summed E-state index contributed by atoms with van der Waals surface area (Å²) in [6.07, 6.45) is 0.469. The molecule has 18 heavy (non-hydrogen) atoms. The van der Waals surface area contributed by atoms with Crippen LogP contribution in [0.2, 0.25) is 0 Å². The number of carbonyl (C=O) groups excluding carboxylic acids is 1. The highest BCUT2D eigenvalue weighted by Gasteiger charge is 2.12. The van der Waals surface area contributed by atoms with Gasteiger partial charge in [0.1, 0.15) is 18.1 Å². The first-order chi connectivity index (χ1) is 8.58. The van der Waals surface area contributed by atoms with Crippen molar-refractivity contribution in [3.63, 3.8) is 0 Å². The number of rotatable bonds is 7. The minimum Gasteiger partial charge on any atom is -0.497 e. The molecule has 0 spiro atoms. The molecular formula is C14H21NO3. The minimum atomic E-state index is 0.0810. The predicted molar refractivity (Wildman–Crippen MR) is 71.7 cm³/mol. The lowest BCUT2D eigenvalue weighted by molar-refractivity contribution is 0.0983. The normalized spacial score (nSPS) is 10.5. The molecule has 0 atom stereocenters. The van der Waals surface area contributed by atoms with E-state index in [4.69, 9.17) is 9.47 Å². The van der Waals surface area contributed by atoms with Crippen LogP contribution in [0.25, 0.3) is 0 Å². The third-order valence-corrected chi connectivity index (χ3v) is 2.61. The van der Waals surface area contributed by atoms with E-state index in [-0.39, 0.29) is 5.78 Å². The van der Waals surface area contributed by atoms with E-state index in [1.54, 1.807) is 25.3 Å². The van der Waals surface area contributed by atoms with Gasteiger partial charge in [0.25, 0.3) is 0 Å². The molecule has 0 N–H and O–H groups in total. The van der Waals surface area contributed by atoms with Gasteiger partial charge < -0.3 is 14.4 Å². The summed E-state index contributed by atoms with van der Waals surface area (Å²) in [4.78, 5) is 13.8. The van der Waals surface area contributed by atoms with Crippen molar-refractivity contribution in [2.45, 2.75) is 13.3 Å². The molecule has 0 bridgehead atoms. The SMILES string of the molecule is CCC(=O)c1ccc(OC)cc1OCCN(C)C. The van der Waals surface area contributed by atoms with Crippen LogP contribution < -0.4 is 9.47 Å². The monoisotopic (exact) mass is 251 g/mol. The maximum absolute atomic E-state index is 11.8. The lowest BCUT2D eigenvalue weighted by Crippen LogP contribution is -2.20. The van der Waals surface area contributed by atoms with Crippen LogP contribution in [-0.4, -0.2) is 45.0 Å². The number of ketones is 1. The Hall–Kier alpha value is -1.55. The first-order valence-electron chi connectivity index (χ1n) is 6.07. The topological polar surface area (TPSA) is 38.8 Å². The van der Waals surface area contributed by atoms with E-state index < -0.39 is 0 Å². The molecule has 0 heterocycles. The molecule has 4 nitrogen and oxygen atoms in total.